The SMILES string of the molecule is O=C(CCc1nc2ccccc2[nH]1)N(CCc1c[nH]c2ccccc12)Cc1cccc2c1OCO2. The molecule has 0 aliphatic carbocycles. The van der Waals surface area contributed by atoms with Gasteiger partial charge in [0.2, 0.25) is 12.7 Å². The summed E-state index contributed by atoms with van der Waals surface area (Å²) < 4.78 is 11.2. The van der Waals surface area contributed by atoms with Crippen LogP contribution in [0.5, 0.6) is 11.5 Å². The molecule has 0 saturated heterocycles. The van der Waals surface area contributed by atoms with Gasteiger partial charge in [0.25, 0.3) is 0 Å². The molecule has 7 heteroatoms. The first-order valence-electron chi connectivity index (χ1n) is 11.9. The summed E-state index contributed by atoms with van der Waals surface area (Å²) in [4.78, 5) is 26.7. The van der Waals surface area contributed by atoms with Gasteiger partial charge in [0.1, 0.15) is 5.82 Å². The Labute approximate surface area is 202 Å². The summed E-state index contributed by atoms with van der Waals surface area (Å²) in [6.07, 6.45) is 3.73. The number of amides is 1. The lowest BCUT2D eigenvalue weighted by Gasteiger charge is -2.23. The molecule has 1 aliphatic heterocycles. The molecule has 0 radical (unpaired) electrons. The van der Waals surface area contributed by atoms with Gasteiger partial charge < -0.3 is 24.3 Å². The summed E-state index contributed by atoms with van der Waals surface area (Å²) in [7, 11) is 0. The van der Waals surface area contributed by atoms with E-state index in [1.807, 2.05) is 65.7 Å². The minimum Gasteiger partial charge on any atom is -0.454 e. The first-order chi connectivity index (χ1) is 17.2. The Kier molecular flexibility index (Phi) is 5.58. The summed E-state index contributed by atoms with van der Waals surface area (Å²) in [5, 5.41) is 1.19. The van der Waals surface area contributed by atoms with Crippen LogP contribution in [0.2, 0.25) is 0 Å². The Bertz CT molecular complexity index is 1470. The third-order valence-electron chi connectivity index (χ3n) is 6.53. The molecule has 0 atom stereocenters. The van der Waals surface area contributed by atoms with E-state index in [1.54, 1.807) is 0 Å². The zero-order chi connectivity index (χ0) is 23.6. The van der Waals surface area contributed by atoms with Crippen molar-refractivity contribution >= 4 is 27.8 Å². The highest BCUT2D eigenvalue weighted by Gasteiger charge is 2.22. The number of fused-ring (bicyclic) bond motifs is 3. The van der Waals surface area contributed by atoms with Gasteiger partial charge in [-0.15, -0.1) is 0 Å². The zero-order valence-electron chi connectivity index (χ0n) is 19.3. The Balaban J connectivity index is 1.21. The summed E-state index contributed by atoms with van der Waals surface area (Å²) >= 11 is 0. The van der Waals surface area contributed by atoms with E-state index >= 15 is 0 Å². The van der Waals surface area contributed by atoms with Crippen LogP contribution in [0.4, 0.5) is 0 Å². The van der Waals surface area contributed by atoms with Crippen LogP contribution in [0.3, 0.4) is 0 Å². The molecule has 3 aromatic carbocycles. The van der Waals surface area contributed by atoms with Crippen LogP contribution in [0, 0.1) is 0 Å². The molecule has 6 rings (SSSR count). The van der Waals surface area contributed by atoms with E-state index in [0.29, 0.717) is 25.9 Å². The van der Waals surface area contributed by atoms with Crippen molar-refractivity contribution in [3.05, 3.63) is 89.9 Å². The van der Waals surface area contributed by atoms with Crippen LogP contribution in [0.1, 0.15) is 23.4 Å². The monoisotopic (exact) mass is 466 g/mol. The van der Waals surface area contributed by atoms with E-state index in [2.05, 4.69) is 27.1 Å². The maximum Gasteiger partial charge on any atom is 0.231 e. The van der Waals surface area contributed by atoms with Crippen LogP contribution in [-0.2, 0) is 24.2 Å². The maximum atomic E-state index is 13.5. The first kappa shape index (κ1) is 21.3. The third kappa shape index (κ3) is 4.33. The molecule has 2 aromatic heterocycles. The maximum absolute atomic E-state index is 13.5. The Morgan fingerprint density at radius 3 is 2.69 bits per heavy atom. The van der Waals surface area contributed by atoms with Crippen molar-refractivity contribution in [3.8, 4) is 11.5 Å². The van der Waals surface area contributed by atoms with E-state index in [-0.39, 0.29) is 12.7 Å². The molecule has 1 aliphatic rings. The van der Waals surface area contributed by atoms with E-state index in [1.165, 1.54) is 10.9 Å². The number of H-pyrrole nitrogens is 2. The van der Waals surface area contributed by atoms with Crippen molar-refractivity contribution < 1.29 is 14.3 Å². The Morgan fingerprint density at radius 1 is 0.914 bits per heavy atom. The number of aromatic amines is 2. The summed E-state index contributed by atoms with van der Waals surface area (Å²) in [6, 6.07) is 22.0. The van der Waals surface area contributed by atoms with Gasteiger partial charge in [-0.3, -0.25) is 4.79 Å². The number of ether oxygens (including phenoxy) is 2. The number of imidazole rings is 1. The van der Waals surface area contributed by atoms with Gasteiger partial charge in [-0.1, -0.05) is 42.5 Å². The molecular weight excluding hydrogens is 440 g/mol. The number of hydrogen-bond acceptors (Lipinski definition) is 4. The number of benzene rings is 3. The van der Waals surface area contributed by atoms with Crippen LogP contribution in [0.15, 0.2) is 72.9 Å². The zero-order valence-corrected chi connectivity index (χ0v) is 19.3. The smallest absolute Gasteiger partial charge is 0.231 e. The molecule has 0 saturated carbocycles. The fraction of sp³-hybridized carbons (Fsp3) is 0.214. The first-order valence-corrected chi connectivity index (χ1v) is 11.9. The highest BCUT2D eigenvalue weighted by molar-refractivity contribution is 5.83. The van der Waals surface area contributed by atoms with Gasteiger partial charge >= 0.3 is 0 Å². The molecule has 0 unspecified atom stereocenters. The number of carbonyl (C=O) groups is 1. The number of carbonyl (C=O) groups excluding carboxylic acids is 1. The van der Waals surface area contributed by atoms with Crippen molar-refractivity contribution in [2.45, 2.75) is 25.8 Å². The Hall–Kier alpha value is -4.26. The average Bonchev–Trinajstić information content (AvgIpc) is 3.63. The third-order valence-corrected chi connectivity index (χ3v) is 6.53. The lowest BCUT2D eigenvalue weighted by molar-refractivity contribution is -0.131. The predicted molar refractivity (Wildman–Crippen MR) is 134 cm³/mol. The van der Waals surface area contributed by atoms with Gasteiger partial charge in [-0.25, -0.2) is 4.98 Å². The van der Waals surface area contributed by atoms with Crippen molar-refractivity contribution in [3.63, 3.8) is 0 Å². The van der Waals surface area contributed by atoms with Crippen molar-refractivity contribution in [1.82, 2.24) is 19.9 Å². The van der Waals surface area contributed by atoms with E-state index in [9.17, 15) is 4.79 Å². The number of nitrogens with one attached hydrogen (secondary N) is 2. The Morgan fingerprint density at radius 2 is 1.77 bits per heavy atom. The topological polar surface area (TPSA) is 83.2 Å². The van der Waals surface area contributed by atoms with Crippen LogP contribution < -0.4 is 9.47 Å². The summed E-state index contributed by atoms with van der Waals surface area (Å²) in [6.45, 7) is 1.28. The molecule has 0 spiro atoms. The number of nitrogens with zero attached hydrogens (tertiary/aromatic N) is 2. The number of rotatable bonds is 8. The molecular formula is C28H26N4O3. The molecule has 5 aromatic rings. The summed E-state index contributed by atoms with van der Waals surface area (Å²) in [5.41, 5.74) is 5.17. The number of aryl methyl sites for hydroxylation is 1. The quantitative estimate of drug-likeness (QED) is 0.338. The van der Waals surface area contributed by atoms with E-state index in [0.717, 1.165) is 45.9 Å². The predicted octanol–water partition coefficient (Wildman–Crippen LogP) is 4.98. The van der Waals surface area contributed by atoms with Crippen molar-refractivity contribution in [1.29, 1.82) is 0 Å². The van der Waals surface area contributed by atoms with Gasteiger partial charge in [-0.05, 0) is 36.2 Å². The van der Waals surface area contributed by atoms with E-state index in [4.69, 9.17) is 9.47 Å². The van der Waals surface area contributed by atoms with Gasteiger partial charge in [0.15, 0.2) is 11.5 Å². The molecule has 35 heavy (non-hydrogen) atoms. The van der Waals surface area contributed by atoms with Gasteiger partial charge in [-0.2, -0.15) is 0 Å². The fourth-order valence-corrected chi connectivity index (χ4v) is 4.71. The lowest BCUT2D eigenvalue weighted by atomic mass is 10.1. The summed E-state index contributed by atoms with van der Waals surface area (Å²) in [5.74, 6) is 2.37. The standard InChI is InChI=1S/C28H26N4O3/c33-27(13-12-26-30-23-9-3-4-10-24(23)31-26)32(17-20-6-5-11-25-28(20)35-18-34-25)15-14-19-16-29-22-8-2-1-7-21(19)22/h1-11,16,29H,12-15,17-18H2,(H,30,31). The molecule has 7 nitrogen and oxygen atoms in total. The van der Waals surface area contributed by atoms with Gasteiger partial charge in [0.05, 0.1) is 11.0 Å². The van der Waals surface area contributed by atoms with Crippen molar-refractivity contribution in [2.75, 3.05) is 13.3 Å². The molecule has 0 bridgehead atoms. The second-order valence-corrected chi connectivity index (χ2v) is 8.78. The number of para-hydroxylation sites is 4. The molecule has 1 amide bonds. The fourth-order valence-electron chi connectivity index (χ4n) is 4.71. The van der Waals surface area contributed by atoms with Gasteiger partial charge in [0, 0.05) is 48.6 Å². The normalized spacial score (nSPS) is 12.5. The van der Waals surface area contributed by atoms with Crippen LogP contribution >= 0.6 is 0 Å². The lowest BCUT2D eigenvalue weighted by Crippen LogP contribution is -2.32. The van der Waals surface area contributed by atoms with Crippen molar-refractivity contribution in [2.24, 2.45) is 0 Å². The molecule has 3 heterocycles. The molecule has 2 N–H and O–H groups in total. The average molecular weight is 467 g/mol. The molecule has 0 fully saturated rings. The number of hydrogen-bond donors (Lipinski definition) is 2. The van der Waals surface area contributed by atoms with Crippen LogP contribution in [0.25, 0.3) is 21.9 Å². The molecule has 176 valence electrons. The minimum atomic E-state index is 0.0850. The minimum absolute atomic E-state index is 0.0850. The number of aromatic nitrogens is 3. The second kappa shape index (κ2) is 9.18. The highest BCUT2D eigenvalue weighted by Crippen LogP contribution is 2.36. The van der Waals surface area contributed by atoms with E-state index < -0.39 is 0 Å². The highest BCUT2D eigenvalue weighted by atomic mass is 16.7. The largest absolute Gasteiger partial charge is 0.454 e. The second-order valence-electron chi connectivity index (χ2n) is 8.78. The van der Waals surface area contributed by atoms with Crippen LogP contribution in [-0.4, -0.2) is 39.1 Å².